The lowest BCUT2D eigenvalue weighted by Crippen LogP contribution is -1.96. The molecule has 0 aromatic heterocycles. The van der Waals surface area contributed by atoms with Crippen LogP contribution in [0.3, 0.4) is 0 Å². The van der Waals surface area contributed by atoms with Gasteiger partial charge in [-0.25, -0.2) is 13.2 Å². The van der Waals surface area contributed by atoms with E-state index in [-0.39, 0.29) is 5.69 Å². The van der Waals surface area contributed by atoms with Crippen LogP contribution >= 0.6 is 0 Å². The lowest BCUT2D eigenvalue weighted by atomic mass is 10.2. The van der Waals surface area contributed by atoms with Crippen molar-refractivity contribution in [1.82, 2.24) is 0 Å². The van der Waals surface area contributed by atoms with Crippen LogP contribution in [0.25, 0.3) is 0 Å². The highest BCUT2D eigenvalue weighted by molar-refractivity contribution is 5.61. The summed E-state index contributed by atoms with van der Waals surface area (Å²) in [5, 5.41) is 2.74. The summed E-state index contributed by atoms with van der Waals surface area (Å²) in [6.07, 6.45) is 0. The number of nitrogen functional groups attached to an aromatic ring is 1. The summed E-state index contributed by atoms with van der Waals surface area (Å²) in [4.78, 5) is 0. The van der Waals surface area contributed by atoms with Gasteiger partial charge in [-0.2, -0.15) is 0 Å². The molecule has 2 aromatic rings. The maximum Gasteiger partial charge on any atom is 0.194 e. The number of hydrogen-bond donors (Lipinski definition) is 2. The van der Waals surface area contributed by atoms with Crippen LogP contribution in [0.15, 0.2) is 36.4 Å². The SMILES string of the molecule is Nc1ccc(Nc2cc(F)c(F)c(F)c2)cc1. The Morgan fingerprint density at radius 1 is 0.824 bits per heavy atom. The standard InChI is InChI=1S/C12H9F3N2/c13-10-5-9(6-11(14)12(10)15)17-8-3-1-7(16)2-4-8/h1-6,17H,16H2. The molecule has 0 saturated heterocycles. The van der Waals surface area contributed by atoms with Gasteiger partial charge in [-0.1, -0.05) is 0 Å². The second kappa shape index (κ2) is 4.37. The summed E-state index contributed by atoms with van der Waals surface area (Å²) < 4.78 is 38.6. The Morgan fingerprint density at radius 3 is 1.88 bits per heavy atom. The fourth-order valence-electron chi connectivity index (χ4n) is 1.36. The summed E-state index contributed by atoms with van der Waals surface area (Å²) in [5.74, 6) is -3.95. The highest BCUT2D eigenvalue weighted by Gasteiger charge is 2.10. The van der Waals surface area contributed by atoms with Crippen molar-refractivity contribution < 1.29 is 13.2 Å². The van der Waals surface area contributed by atoms with Gasteiger partial charge in [0.1, 0.15) is 0 Å². The Hall–Kier alpha value is -2.17. The van der Waals surface area contributed by atoms with E-state index in [1.54, 1.807) is 24.3 Å². The van der Waals surface area contributed by atoms with Crippen molar-refractivity contribution in [2.75, 3.05) is 11.1 Å². The molecule has 0 fully saturated rings. The molecule has 0 radical (unpaired) electrons. The van der Waals surface area contributed by atoms with Crippen molar-refractivity contribution in [2.24, 2.45) is 0 Å². The van der Waals surface area contributed by atoms with Crippen LogP contribution in [0, 0.1) is 17.5 Å². The molecule has 0 atom stereocenters. The first-order valence-corrected chi connectivity index (χ1v) is 4.83. The van der Waals surface area contributed by atoms with E-state index >= 15 is 0 Å². The third-order valence-corrected chi connectivity index (χ3v) is 2.18. The van der Waals surface area contributed by atoms with Crippen LogP contribution < -0.4 is 11.1 Å². The van der Waals surface area contributed by atoms with Crippen molar-refractivity contribution in [3.63, 3.8) is 0 Å². The van der Waals surface area contributed by atoms with Gasteiger partial charge >= 0.3 is 0 Å². The van der Waals surface area contributed by atoms with E-state index in [9.17, 15) is 13.2 Å². The predicted octanol–water partition coefficient (Wildman–Crippen LogP) is 3.43. The molecular weight excluding hydrogens is 229 g/mol. The zero-order valence-electron chi connectivity index (χ0n) is 8.68. The van der Waals surface area contributed by atoms with Crippen molar-refractivity contribution in [1.29, 1.82) is 0 Å². The zero-order valence-corrected chi connectivity index (χ0v) is 8.68. The summed E-state index contributed by atoms with van der Waals surface area (Å²) >= 11 is 0. The third-order valence-electron chi connectivity index (χ3n) is 2.18. The third kappa shape index (κ3) is 2.50. The number of rotatable bonds is 2. The van der Waals surface area contributed by atoms with Gasteiger partial charge in [-0.3, -0.25) is 0 Å². The lowest BCUT2D eigenvalue weighted by molar-refractivity contribution is 0.448. The molecule has 2 aromatic carbocycles. The minimum absolute atomic E-state index is 0.131. The quantitative estimate of drug-likeness (QED) is 0.621. The highest BCUT2D eigenvalue weighted by atomic mass is 19.2. The molecule has 0 amide bonds. The molecule has 2 rings (SSSR count). The van der Waals surface area contributed by atoms with Gasteiger partial charge in [0.15, 0.2) is 17.5 Å². The molecule has 0 aliphatic heterocycles. The minimum atomic E-state index is -1.48. The summed E-state index contributed by atoms with van der Waals surface area (Å²) in [5.41, 5.74) is 6.80. The maximum absolute atomic E-state index is 12.9. The summed E-state index contributed by atoms with van der Waals surface area (Å²) in [6.45, 7) is 0. The van der Waals surface area contributed by atoms with E-state index in [1.165, 1.54) is 0 Å². The molecule has 0 saturated carbocycles. The van der Waals surface area contributed by atoms with E-state index in [0.717, 1.165) is 12.1 Å². The van der Waals surface area contributed by atoms with Crippen LogP contribution in [-0.2, 0) is 0 Å². The van der Waals surface area contributed by atoms with Crippen molar-refractivity contribution in [3.8, 4) is 0 Å². The van der Waals surface area contributed by atoms with Crippen molar-refractivity contribution in [3.05, 3.63) is 53.8 Å². The Balaban J connectivity index is 2.27. The Bertz CT molecular complexity index is 515. The zero-order chi connectivity index (χ0) is 12.4. The van der Waals surface area contributed by atoms with Crippen molar-refractivity contribution in [2.45, 2.75) is 0 Å². The topological polar surface area (TPSA) is 38.0 Å². The second-order valence-electron chi connectivity index (χ2n) is 3.50. The first-order valence-electron chi connectivity index (χ1n) is 4.83. The number of hydrogen-bond acceptors (Lipinski definition) is 2. The average Bonchev–Trinajstić information content (AvgIpc) is 2.29. The van der Waals surface area contributed by atoms with Gasteiger partial charge in [0, 0.05) is 29.2 Å². The van der Waals surface area contributed by atoms with Crippen molar-refractivity contribution >= 4 is 17.1 Å². The number of benzene rings is 2. The molecule has 17 heavy (non-hydrogen) atoms. The van der Waals surface area contributed by atoms with Gasteiger partial charge < -0.3 is 11.1 Å². The Labute approximate surface area is 95.9 Å². The Kier molecular flexibility index (Phi) is 2.91. The van der Waals surface area contributed by atoms with Crippen LogP contribution in [-0.4, -0.2) is 0 Å². The fraction of sp³-hybridized carbons (Fsp3) is 0. The minimum Gasteiger partial charge on any atom is -0.399 e. The first-order chi connectivity index (χ1) is 8.06. The first kappa shape index (κ1) is 11.3. The average molecular weight is 238 g/mol. The summed E-state index contributed by atoms with van der Waals surface area (Å²) in [6, 6.07) is 8.34. The Morgan fingerprint density at radius 2 is 1.35 bits per heavy atom. The van der Waals surface area contributed by atoms with Crippen LogP contribution in [0.1, 0.15) is 0 Å². The molecule has 0 aliphatic carbocycles. The highest BCUT2D eigenvalue weighted by Crippen LogP contribution is 2.21. The van der Waals surface area contributed by atoms with Crippen LogP contribution in [0.4, 0.5) is 30.2 Å². The van der Waals surface area contributed by atoms with E-state index < -0.39 is 17.5 Å². The number of nitrogens with two attached hydrogens (primary N) is 1. The number of nitrogens with one attached hydrogen (secondary N) is 1. The molecule has 88 valence electrons. The van der Waals surface area contributed by atoms with Gasteiger partial charge in [0.25, 0.3) is 0 Å². The molecule has 2 nitrogen and oxygen atoms in total. The largest absolute Gasteiger partial charge is 0.399 e. The van der Waals surface area contributed by atoms with E-state index in [4.69, 9.17) is 5.73 Å². The molecule has 0 spiro atoms. The molecule has 0 bridgehead atoms. The monoisotopic (exact) mass is 238 g/mol. The number of halogens is 3. The smallest absolute Gasteiger partial charge is 0.194 e. The molecule has 3 N–H and O–H groups in total. The maximum atomic E-state index is 12.9. The van der Waals surface area contributed by atoms with Gasteiger partial charge in [-0.15, -0.1) is 0 Å². The second-order valence-corrected chi connectivity index (χ2v) is 3.50. The molecular formula is C12H9F3N2. The molecule has 5 heteroatoms. The summed E-state index contributed by atoms with van der Waals surface area (Å²) in [7, 11) is 0. The predicted molar refractivity (Wildman–Crippen MR) is 60.5 cm³/mol. The number of anilines is 3. The van der Waals surface area contributed by atoms with Gasteiger partial charge in [-0.05, 0) is 24.3 Å². The van der Waals surface area contributed by atoms with E-state index in [2.05, 4.69) is 5.32 Å². The van der Waals surface area contributed by atoms with Gasteiger partial charge in [0.05, 0.1) is 0 Å². The van der Waals surface area contributed by atoms with E-state index in [1.807, 2.05) is 0 Å². The molecule has 0 heterocycles. The molecule has 0 aliphatic rings. The normalized spacial score (nSPS) is 10.3. The van der Waals surface area contributed by atoms with Crippen LogP contribution in [0.2, 0.25) is 0 Å². The van der Waals surface area contributed by atoms with Crippen LogP contribution in [0.5, 0.6) is 0 Å². The van der Waals surface area contributed by atoms with Gasteiger partial charge in [0.2, 0.25) is 0 Å². The fourth-order valence-corrected chi connectivity index (χ4v) is 1.36. The molecule has 0 unspecified atom stereocenters. The lowest BCUT2D eigenvalue weighted by Gasteiger charge is -2.07. The van der Waals surface area contributed by atoms with E-state index in [0.29, 0.717) is 11.4 Å².